The third-order valence-corrected chi connectivity index (χ3v) is 9.23. The minimum Gasteiger partial charge on any atom is -0.454 e. The van der Waals surface area contributed by atoms with Gasteiger partial charge < -0.3 is 9.32 Å². The third-order valence-electron chi connectivity index (χ3n) is 9.23. The van der Waals surface area contributed by atoms with Gasteiger partial charge in [-0.05, 0) is 86.6 Å². The Bertz CT molecular complexity index is 2560. The lowest BCUT2D eigenvalue weighted by Gasteiger charge is -2.26. The van der Waals surface area contributed by atoms with Crippen LogP contribution >= 0.6 is 0 Å². The molecule has 0 spiro atoms. The van der Waals surface area contributed by atoms with Crippen LogP contribution in [0.5, 0.6) is 0 Å². The summed E-state index contributed by atoms with van der Waals surface area (Å²) in [5.41, 5.74) is 11.9. The fourth-order valence-electron chi connectivity index (χ4n) is 6.95. The monoisotopic (exact) mass is 613 g/mol. The lowest BCUT2D eigenvalue weighted by molar-refractivity contribution is 0.669. The Balaban J connectivity index is 1.25. The molecule has 0 saturated heterocycles. The Kier molecular flexibility index (Phi) is 6.84. The molecule has 0 aliphatic carbocycles. The zero-order valence-corrected chi connectivity index (χ0v) is 26.3. The highest BCUT2D eigenvalue weighted by molar-refractivity contribution is 6.21. The molecule has 1 heterocycles. The van der Waals surface area contributed by atoms with Crippen molar-refractivity contribution in [2.24, 2.45) is 0 Å². The first kappa shape index (κ1) is 27.9. The van der Waals surface area contributed by atoms with E-state index in [1.54, 1.807) is 0 Å². The zero-order valence-electron chi connectivity index (χ0n) is 26.3. The standard InChI is InChI=1S/C46H31NO/c1-3-13-32(14-4-1)35-18-9-19-36(29-35)38-21-11-23-40(31-38)47(39-22-10-20-37(30-39)33-15-5-2-6-16-33)43-26-12-25-42-45-41-24-8-7-17-34(41)27-28-44(45)48-46(42)43/h1-31H. The van der Waals surface area contributed by atoms with Gasteiger partial charge in [0, 0.05) is 22.1 Å². The summed E-state index contributed by atoms with van der Waals surface area (Å²) in [5.74, 6) is 0. The lowest BCUT2D eigenvalue weighted by atomic mass is 9.98. The Morgan fingerprint density at radius 3 is 1.54 bits per heavy atom. The van der Waals surface area contributed by atoms with Crippen molar-refractivity contribution in [1.29, 1.82) is 0 Å². The second kappa shape index (κ2) is 11.8. The van der Waals surface area contributed by atoms with E-state index in [0.29, 0.717) is 0 Å². The van der Waals surface area contributed by atoms with E-state index >= 15 is 0 Å². The molecule has 9 rings (SSSR count). The Morgan fingerprint density at radius 1 is 0.354 bits per heavy atom. The molecule has 0 atom stereocenters. The molecule has 8 aromatic carbocycles. The highest BCUT2D eigenvalue weighted by atomic mass is 16.3. The maximum atomic E-state index is 6.77. The summed E-state index contributed by atoms with van der Waals surface area (Å²) in [6.45, 7) is 0. The molecule has 1 aromatic heterocycles. The smallest absolute Gasteiger partial charge is 0.159 e. The summed E-state index contributed by atoms with van der Waals surface area (Å²) in [5, 5.41) is 4.66. The van der Waals surface area contributed by atoms with Gasteiger partial charge in [-0.15, -0.1) is 0 Å². The normalized spacial score (nSPS) is 11.3. The van der Waals surface area contributed by atoms with Gasteiger partial charge in [0.25, 0.3) is 0 Å². The van der Waals surface area contributed by atoms with Crippen LogP contribution in [0.15, 0.2) is 192 Å². The zero-order chi connectivity index (χ0) is 31.9. The molecular weight excluding hydrogens is 583 g/mol. The predicted molar refractivity (Wildman–Crippen MR) is 202 cm³/mol. The van der Waals surface area contributed by atoms with Crippen LogP contribution in [0, 0.1) is 0 Å². The summed E-state index contributed by atoms with van der Waals surface area (Å²) < 4.78 is 6.77. The van der Waals surface area contributed by atoms with Gasteiger partial charge in [-0.2, -0.15) is 0 Å². The van der Waals surface area contributed by atoms with Gasteiger partial charge in [0.15, 0.2) is 5.58 Å². The van der Waals surface area contributed by atoms with E-state index in [2.05, 4.69) is 193 Å². The highest BCUT2D eigenvalue weighted by Gasteiger charge is 2.21. The molecule has 0 bridgehead atoms. The summed E-state index contributed by atoms with van der Waals surface area (Å²) >= 11 is 0. The average Bonchev–Trinajstić information content (AvgIpc) is 3.56. The Labute approximate surface area is 279 Å². The SMILES string of the molecule is c1ccc(-c2cccc(-c3cccc(N(c4cccc(-c5ccccc5)c4)c4cccc5c4oc4ccc6ccccc6c45)c3)c2)cc1. The van der Waals surface area contributed by atoms with Crippen molar-refractivity contribution in [3.05, 3.63) is 188 Å². The van der Waals surface area contributed by atoms with E-state index in [1.165, 1.54) is 33.0 Å². The number of hydrogen-bond acceptors (Lipinski definition) is 2. The van der Waals surface area contributed by atoms with E-state index < -0.39 is 0 Å². The van der Waals surface area contributed by atoms with Crippen LogP contribution in [0.4, 0.5) is 17.1 Å². The Hall–Kier alpha value is -6.38. The molecule has 0 aliphatic rings. The van der Waals surface area contributed by atoms with Crippen LogP contribution in [-0.4, -0.2) is 0 Å². The Morgan fingerprint density at radius 2 is 0.854 bits per heavy atom. The number of rotatable bonds is 6. The number of benzene rings is 8. The van der Waals surface area contributed by atoms with Crippen molar-refractivity contribution in [2.45, 2.75) is 0 Å². The molecule has 0 radical (unpaired) electrons. The molecule has 0 unspecified atom stereocenters. The lowest BCUT2D eigenvalue weighted by Crippen LogP contribution is -2.10. The van der Waals surface area contributed by atoms with Gasteiger partial charge in [-0.25, -0.2) is 0 Å². The third kappa shape index (κ3) is 4.92. The van der Waals surface area contributed by atoms with E-state index in [1.807, 2.05) is 0 Å². The number of furan rings is 1. The minimum absolute atomic E-state index is 0.866. The van der Waals surface area contributed by atoms with Crippen LogP contribution in [0.1, 0.15) is 0 Å². The molecule has 0 aliphatic heterocycles. The summed E-state index contributed by atoms with van der Waals surface area (Å²) in [7, 11) is 0. The van der Waals surface area contributed by atoms with Crippen molar-refractivity contribution in [3.8, 4) is 33.4 Å². The van der Waals surface area contributed by atoms with Crippen LogP contribution < -0.4 is 4.90 Å². The van der Waals surface area contributed by atoms with Crippen LogP contribution in [0.3, 0.4) is 0 Å². The number of fused-ring (bicyclic) bond motifs is 5. The fourth-order valence-corrected chi connectivity index (χ4v) is 6.95. The van der Waals surface area contributed by atoms with E-state index in [4.69, 9.17) is 4.42 Å². The average molecular weight is 614 g/mol. The molecular formula is C46H31NO. The molecule has 0 N–H and O–H groups in total. The second-order valence-electron chi connectivity index (χ2n) is 12.2. The summed E-state index contributed by atoms with van der Waals surface area (Å²) in [6.07, 6.45) is 0. The molecule has 48 heavy (non-hydrogen) atoms. The van der Waals surface area contributed by atoms with Crippen LogP contribution in [-0.2, 0) is 0 Å². The molecule has 0 saturated carbocycles. The molecule has 9 aromatic rings. The van der Waals surface area contributed by atoms with Crippen molar-refractivity contribution >= 4 is 49.8 Å². The topological polar surface area (TPSA) is 16.4 Å². The number of hydrogen-bond donors (Lipinski definition) is 0. The van der Waals surface area contributed by atoms with Crippen LogP contribution in [0.2, 0.25) is 0 Å². The first-order valence-electron chi connectivity index (χ1n) is 16.3. The predicted octanol–water partition coefficient (Wildman–Crippen LogP) is 13.2. The summed E-state index contributed by atoms with van der Waals surface area (Å²) in [4.78, 5) is 2.34. The fraction of sp³-hybridized carbons (Fsp3) is 0. The minimum atomic E-state index is 0.866. The van der Waals surface area contributed by atoms with Crippen LogP contribution in [0.25, 0.3) is 66.1 Å². The van der Waals surface area contributed by atoms with Gasteiger partial charge in [0.2, 0.25) is 0 Å². The van der Waals surface area contributed by atoms with Gasteiger partial charge in [0.1, 0.15) is 5.58 Å². The van der Waals surface area contributed by atoms with Crippen molar-refractivity contribution in [3.63, 3.8) is 0 Å². The van der Waals surface area contributed by atoms with Crippen molar-refractivity contribution in [2.75, 3.05) is 4.90 Å². The van der Waals surface area contributed by atoms with Crippen molar-refractivity contribution < 1.29 is 4.42 Å². The van der Waals surface area contributed by atoms with Gasteiger partial charge in [-0.3, -0.25) is 0 Å². The number of nitrogens with zero attached hydrogens (tertiary/aromatic N) is 1. The van der Waals surface area contributed by atoms with E-state index in [-0.39, 0.29) is 0 Å². The molecule has 226 valence electrons. The molecule has 2 heteroatoms. The van der Waals surface area contributed by atoms with E-state index in [9.17, 15) is 0 Å². The summed E-state index contributed by atoms with van der Waals surface area (Å²) in [6, 6.07) is 66.8. The maximum Gasteiger partial charge on any atom is 0.159 e. The van der Waals surface area contributed by atoms with Crippen molar-refractivity contribution in [1.82, 2.24) is 0 Å². The maximum absolute atomic E-state index is 6.77. The molecule has 0 fully saturated rings. The first-order chi connectivity index (χ1) is 23.8. The van der Waals surface area contributed by atoms with Gasteiger partial charge >= 0.3 is 0 Å². The first-order valence-corrected chi connectivity index (χ1v) is 16.3. The van der Waals surface area contributed by atoms with E-state index in [0.717, 1.165) is 50.1 Å². The molecule has 0 amide bonds. The highest BCUT2D eigenvalue weighted by Crippen LogP contribution is 2.45. The quantitative estimate of drug-likeness (QED) is 0.185. The van der Waals surface area contributed by atoms with Gasteiger partial charge in [0.05, 0.1) is 5.69 Å². The van der Waals surface area contributed by atoms with Gasteiger partial charge in [-0.1, -0.05) is 146 Å². The number of anilines is 3. The second-order valence-corrected chi connectivity index (χ2v) is 12.2. The molecule has 2 nitrogen and oxygen atoms in total. The largest absolute Gasteiger partial charge is 0.454 e. The number of para-hydroxylation sites is 1.